The van der Waals surface area contributed by atoms with Gasteiger partial charge in [0.05, 0.1) is 20.3 Å². The Balaban J connectivity index is 1.70. The Kier molecular flexibility index (Phi) is 12.2. The lowest BCUT2D eigenvalue weighted by atomic mass is 9.92. The van der Waals surface area contributed by atoms with Gasteiger partial charge in [-0.25, -0.2) is 24.4 Å². The van der Waals surface area contributed by atoms with Crippen LogP contribution in [0.15, 0.2) is 109 Å². The van der Waals surface area contributed by atoms with Crippen molar-refractivity contribution in [3.05, 3.63) is 131 Å². The van der Waals surface area contributed by atoms with Crippen molar-refractivity contribution in [3.63, 3.8) is 0 Å². The van der Waals surface area contributed by atoms with Crippen LogP contribution in [-0.4, -0.2) is 46.0 Å². The van der Waals surface area contributed by atoms with Crippen LogP contribution in [0.2, 0.25) is 0 Å². The molecule has 0 aromatic heterocycles. The SMILES string of the molecule is COC(=O)C(C)(Cc1ccc(OP(=O)(OCc2ccccc2)OCc2ccccc2)c(OCc2ccccc2)c1)N(NC(=O)O)C(=O)O. The predicted molar refractivity (Wildman–Crippen MR) is 173 cm³/mol. The van der Waals surface area contributed by atoms with Crippen LogP contribution in [0.4, 0.5) is 9.59 Å². The van der Waals surface area contributed by atoms with Crippen LogP contribution in [-0.2, 0) is 49.4 Å². The number of rotatable bonds is 15. The van der Waals surface area contributed by atoms with Crippen LogP contribution in [0.1, 0.15) is 29.2 Å². The molecule has 4 rings (SSSR count). The molecule has 48 heavy (non-hydrogen) atoms. The largest absolute Gasteiger partial charge is 0.530 e. The third kappa shape index (κ3) is 9.82. The molecule has 13 nitrogen and oxygen atoms in total. The molecule has 0 spiro atoms. The van der Waals surface area contributed by atoms with E-state index >= 15 is 0 Å². The highest BCUT2D eigenvalue weighted by Gasteiger charge is 2.45. The van der Waals surface area contributed by atoms with E-state index in [2.05, 4.69) is 0 Å². The molecule has 1 atom stereocenters. The number of carbonyl (C=O) groups is 3. The van der Waals surface area contributed by atoms with Gasteiger partial charge in [-0.05, 0) is 41.3 Å². The number of nitrogens with one attached hydrogen (secondary N) is 1. The first-order chi connectivity index (χ1) is 23.0. The van der Waals surface area contributed by atoms with Crippen LogP contribution in [0.25, 0.3) is 0 Å². The second-order valence-electron chi connectivity index (χ2n) is 10.6. The van der Waals surface area contributed by atoms with Gasteiger partial charge in [-0.3, -0.25) is 9.05 Å². The van der Waals surface area contributed by atoms with Gasteiger partial charge >= 0.3 is 26.0 Å². The molecule has 4 aromatic rings. The van der Waals surface area contributed by atoms with Crippen LogP contribution in [0, 0.1) is 0 Å². The number of ether oxygens (including phenoxy) is 2. The van der Waals surface area contributed by atoms with Crippen LogP contribution in [0.3, 0.4) is 0 Å². The molecular formula is C34H35N2O11P. The van der Waals surface area contributed by atoms with Gasteiger partial charge in [0, 0.05) is 6.42 Å². The van der Waals surface area contributed by atoms with Gasteiger partial charge in [-0.2, -0.15) is 5.01 Å². The Morgan fingerprint density at radius 3 is 1.69 bits per heavy atom. The molecule has 0 bridgehead atoms. The Morgan fingerprint density at radius 1 is 0.729 bits per heavy atom. The maximum Gasteiger partial charge on any atom is 0.530 e. The Hall–Kier alpha value is -5.36. The van der Waals surface area contributed by atoms with Gasteiger partial charge in [0.25, 0.3) is 0 Å². The quantitative estimate of drug-likeness (QED) is 0.0685. The lowest BCUT2D eigenvalue weighted by Gasteiger charge is -2.36. The molecule has 0 radical (unpaired) electrons. The molecule has 0 fully saturated rings. The molecule has 3 N–H and O–H groups in total. The lowest BCUT2D eigenvalue weighted by molar-refractivity contribution is -0.154. The predicted octanol–water partition coefficient (Wildman–Crippen LogP) is 6.82. The number of hydrogen-bond acceptors (Lipinski definition) is 9. The number of nitrogens with zero attached hydrogens (tertiary/aromatic N) is 1. The summed E-state index contributed by atoms with van der Waals surface area (Å²) in [6, 6.07) is 31.6. The minimum absolute atomic E-state index is 0.0299. The van der Waals surface area contributed by atoms with E-state index in [-0.39, 0.29) is 42.7 Å². The minimum Gasteiger partial charge on any atom is -0.485 e. The van der Waals surface area contributed by atoms with E-state index in [1.165, 1.54) is 25.1 Å². The summed E-state index contributed by atoms with van der Waals surface area (Å²) in [4.78, 5) is 36.4. The van der Waals surface area contributed by atoms with Crippen molar-refractivity contribution in [1.29, 1.82) is 0 Å². The highest BCUT2D eigenvalue weighted by Crippen LogP contribution is 2.53. The molecule has 0 aliphatic heterocycles. The number of carboxylic acid groups (broad SMARTS) is 2. The number of carbonyl (C=O) groups excluding carboxylic acids is 1. The Labute approximate surface area is 277 Å². The van der Waals surface area contributed by atoms with Crippen LogP contribution >= 0.6 is 7.82 Å². The first kappa shape index (κ1) is 35.5. The first-order valence-corrected chi connectivity index (χ1v) is 16.0. The topological polar surface area (TPSA) is 170 Å². The summed E-state index contributed by atoms with van der Waals surface area (Å²) in [5.41, 5.74) is 2.25. The van der Waals surface area contributed by atoms with E-state index in [0.717, 1.165) is 23.8 Å². The molecule has 4 aromatic carbocycles. The number of hydrazine groups is 1. The van der Waals surface area contributed by atoms with Crippen LogP contribution < -0.4 is 14.7 Å². The molecule has 0 saturated heterocycles. The third-order valence-electron chi connectivity index (χ3n) is 6.99. The van der Waals surface area contributed by atoms with E-state index in [4.69, 9.17) is 23.0 Å². The highest BCUT2D eigenvalue weighted by molar-refractivity contribution is 7.48. The van der Waals surface area contributed by atoms with Crippen LogP contribution in [0.5, 0.6) is 11.5 Å². The average molecular weight is 679 g/mol. The number of methoxy groups -OCH3 is 1. The summed E-state index contributed by atoms with van der Waals surface area (Å²) in [7, 11) is -3.28. The summed E-state index contributed by atoms with van der Waals surface area (Å²) in [6.45, 7) is 1.08. The van der Waals surface area contributed by atoms with Crippen molar-refractivity contribution < 1.29 is 52.2 Å². The van der Waals surface area contributed by atoms with Crippen molar-refractivity contribution in [3.8, 4) is 11.5 Å². The molecular weight excluding hydrogens is 643 g/mol. The minimum atomic E-state index is -4.33. The van der Waals surface area contributed by atoms with E-state index < -0.39 is 31.5 Å². The van der Waals surface area contributed by atoms with Gasteiger partial charge in [-0.1, -0.05) is 97.1 Å². The molecule has 0 heterocycles. The normalized spacial score (nSPS) is 12.3. The number of amides is 2. The molecule has 1 unspecified atom stereocenters. The fraction of sp³-hybridized carbons (Fsp3) is 0.206. The Morgan fingerprint density at radius 2 is 1.23 bits per heavy atom. The number of phosphoric acid groups is 1. The van der Waals surface area contributed by atoms with E-state index in [1.54, 1.807) is 29.7 Å². The van der Waals surface area contributed by atoms with Gasteiger partial charge in [-0.15, -0.1) is 0 Å². The maximum atomic E-state index is 14.1. The summed E-state index contributed by atoms with van der Waals surface area (Å²) >= 11 is 0. The maximum absolute atomic E-state index is 14.1. The zero-order valence-corrected chi connectivity index (χ0v) is 27.1. The summed E-state index contributed by atoms with van der Waals surface area (Å²) in [6.07, 6.45) is -3.80. The highest BCUT2D eigenvalue weighted by atomic mass is 31.2. The smallest absolute Gasteiger partial charge is 0.485 e. The van der Waals surface area contributed by atoms with Gasteiger partial charge in [0.15, 0.2) is 17.0 Å². The second-order valence-corrected chi connectivity index (χ2v) is 12.2. The lowest BCUT2D eigenvalue weighted by Crippen LogP contribution is -2.63. The first-order valence-electron chi connectivity index (χ1n) is 14.6. The number of benzene rings is 4. The van der Waals surface area contributed by atoms with Crippen molar-refractivity contribution in [2.24, 2.45) is 0 Å². The van der Waals surface area contributed by atoms with Crippen molar-refractivity contribution >= 4 is 26.0 Å². The molecule has 0 aliphatic carbocycles. The molecule has 14 heteroatoms. The van der Waals surface area contributed by atoms with E-state index in [0.29, 0.717) is 5.56 Å². The monoisotopic (exact) mass is 678 g/mol. The zero-order chi connectivity index (χ0) is 34.6. The zero-order valence-electron chi connectivity index (χ0n) is 26.2. The van der Waals surface area contributed by atoms with Gasteiger partial charge in [0.2, 0.25) is 0 Å². The van der Waals surface area contributed by atoms with E-state index in [1.807, 2.05) is 66.7 Å². The van der Waals surface area contributed by atoms with Gasteiger partial charge < -0.3 is 24.2 Å². The number of esters is 1. The van der Waals surface area contributed by atoms with E-state index in [9.17, 15) is 29.2 Å². The fourth-order valence-corrected chi connectivity index (χ4v) is 5.78. The Bertz CT molecular complexity index is 1680. The third-order valence-corrected chi connectivity index (χ3v) is 8.30. The second kappa shape index (κ2) is 16.5. The van der Waals surface area contributed by atoms with Crippen molar-refractivity contribution in [2.45, 2.75) is 38.7 Å². The number of hydrogen-bond donors (Lipinski definition) is 3. The summed E-state index contributed by atoms with van der Waals surface area (Å²) < 4.78 is 42.6. The van der Waals surface area contributed by atoms with Gasteiger partial charge in [0.1, 0.15) is 6.61 Å². The summed E-state index contributed by atoms with van der Waals surface area (Å²) in [5, 5.41) is 19.3. The van der Waals surface area contributed by atoms with Crippen molar-refractivity contribution in [1.82, 2.24) is 10.4 Å². The fourth-order valence-electron chi connectivity index (χ4n) is 4.59. The molecule has 2 amide bonds. The average Bonchev–Trinajstić information content (AvgIpc) is 3.09. The molecule has 252 valence electrons. The van der Waals surface area contributed by atoms with Crippen molar-refractivity contribution in [2.75, 3.05) is 7.11 Å². The standard InChI is InChI=1S/C34H35N2O11P/c1-34(31(37)43-2,36(33(40)41)35-32(38)39)21-28-18-19-29(30(20-28)44-22-25-12-6-3-7-13-25)47-48(42,45-23-26-14-8-4-9-15-26)46-24-27-16-10-5-11-17-27/h3-20,35H,21-24H2,1-2H3,(H,38,39)(H,40,41). The molecule has 0 aliphatic rings. The summed E-state index contributed by atoms with van der Waals surface area (Å²) in [5.74, 6) is -1.000. The molecule has 0 saturated carbocycles. The number of phosphoric ester groups is 1.